The van der Waals surface area contributed by atoms with Gasteiger partial charge in [0.25, 0.3) is 5.19 Å². The zero-order chi connectivity index (χ0) is 27.5. The van der Waals surface area contributed by atoms with E-state index in [0.29, 0.717) is 55.2 Å². The fraction of sp³-hybridized carbons (Fsp3) is 0.185. The van der Waals surface area contributed by atoms with Gasteiger partial charge in [0.05, 0.1) is 31.5 Å². The largest absolute Gasteiger partial charge is 0.496 e. The van der Waals surface area contributed by atoms with Crippen molar-refractivity contribution in [2.75, 3.05) is 27.1 Å². The highest BCUT2D eigenvalue weighted by Gasteiger charge is 2.17. The minimum atomic E-state index is -0.385. The summed E-state index contributed by atoms with van der Waals surface area (Å²) < 4.78 is 29.7. The van der Waals surface area contributed by atoms with Gasteiger partial charge in [0.1, 0.15) is 40.2 Å². The van der Waals surface area contributed by atoms with Gasteiger partial charge in [0.15, 0.2) is 5.76 Å². The van der Waals surface area contributed by atoms with E-state index in [0.717, 1.165) is 10.9 Å². The lowest BCUT2D eigenvalue weighted by atomic mass is 10.2. The van der Waals surface area contributed by atoms with E-state index in [-0.39, 0.29) is 12.6 Å². The number of carbonyl (C=O) groups is 1. The molecule has 0 aliphatic rings. The van der Waals surface area contributed by atoms with E-state index in [1.54, 1.807) is 55.3 Å². The number of hydrogen-bond donors (Lipinski definition) is 0. The van der Waals surface area contributed by atoms with Crippen LogP contribution in [0, 0.1) is 0 Å². The zero-order valence-electron chi connectivity index (χ0n) is 21.6. The first kappa shape index (κ1) is 26.3. The molecule has 12 heteroatoms. The van der Waals surface area contributed by atoms with Crippen molar-refractivity contribution in [3.63, 3.8) is 0 Å². The Morgan fingerprint density at radius 3 is 2.74 bits per heavy atom. The Hall–Kier alpha value is -4.29. The summed E-state index contributed by atoms with van der Waals surface area (Å²) in [5, 5.41) is 6.31. The van der Waals surface area contributed by atoms with Crippen LogP contribution in [-0.4, -0.2) is 52.7 Å². The van der Waals surface area contributed by atoms with Gasteiger partial charge in [-0.15, -0.1) is 16.9 Å². The van der Waals surface area contributed by atoms with Crippen LogP contribution in [0.5, 0.6) is 22.4 Å². The number of nitrogens with zero attached hydrogens (tertiary/aromatic N) is 4. The Balaban J connectivity index is 1.38. The van der Waals surface area contributed by atoms with E-state index in [4.69, 9.17) is 23.4 Å². The summed E-state index contributed by atoms with van der Waals surface area (Å²) in [5.74, 6) is 1.76. The molecular formula is C27H24N4O6S2. The molecule has 0 spiro atoms. The highest BCUT2D eigenvalue weighted by molar-refractivity contribution is 8.13. The minimum Gasteiger partial charge on any atom is -0.496 e. The standard InChI is InChI=1S/C27H24N4O6S2/c1-15(28-25(38-5)17-7-6-8-18(9-17)36-16(2)32)14-35-22-10-19(33-3)11-23-20(22)12-24(37-23)21-13-31-26(29-21)39-27(30-31)34-4/h6-13H,1,14H2,2-5H3. The average Bonchev–Trinajstić information content (AvgIpc) is 3.63. The molecule has 0 radical (unpaired) electrons. The van der Waals surface area contributed by atoms with Gasteiger partial charge in [0, 0.05) is 24.6 Å². The Morgan fingerprint density at radius 2 is 2.03 bits per heavy atom. The van der Waals surface area contributed by atoms with Crippen molar-refractivity contribution in [1.82, 2.24) is 14.6 Å². The molecular weight excluding hydrogens is 540 g/mol. The number of carbonyl (C=O) groups excluding carboxylic acids is 1. The van der Waals surface area contributed by atoms with Crippen molar-refractivity contribution >= 4 is 50.0 Å². The number of hydrogen-bond acceptors (Lipinski definition) is 11. The maximum absolute atomic E-state index is 11.3. The third kappa shape index (κ3) is 5.76. The van der Waals surface area contributed by atoms with E-state index in [2.05, 4.69) is 21.7 Å². The molecule has 0 N–H and O–H groups in total. The van der Waals surface area contributed by atoms with Crippen molar-refractivity contribution in [2.24, 2.45) is 4.99 Å². The number of furan rings is 1. The number of methoxy groups -OCH3 is 2. The predicted molar refractivity (Wildman–Crippen MR) is 152 cm³/mol. The number of imidazole rings is 1. The Kier molecular flexibility index (Phi) is 7.57. The average molecular weight is 565 g/mol. The van der Waals surface area contributed by atoms with Crippen molar-refractivity contribution in [2.45, 2.75) is 6.92 Å². The summed E-state index contributed by atoms with van der Waals surface area (Å²) in [6, 6.07) is 12.6. The highest BCUT2D eigenvalue weighted by atomic mass is 32.2. The van der Waals surface area contributed by atoms with Crippen LogP contribution < -0.4 is 18.9 Å². The fourth-order valence-corrected chi connectivity index (χ4v) is 5.04. The normalized spacial score (nSPS) is 11.6. The molecule has 0 fully saturated rings. The Bertz CT molecular complexity index is 1690. The van der Waals surface area contributed by atoms with Crippen molar-refractivity contribution in [3.8, 4) is 33.9 Å². The second-order valence-corrected chi connectivity index (χ2v) is 9.88. The molecule has 39 heavy (non-hydrogen) atoms. The fourth-order valence-electron chi connectivity index (χ4n) is 3.75. The number of fused-ring (bicyclic) bond motifs is 2. The molecule has 0 saturated carbocycles. The van der Waals surface area contributed by atoms with Crippen LogP contribution in [0.25, 0.3) is 27.4 Å². The molecule has 0 aliphatic carbocycles. The van der Waals surface area contributed by atoms with Crippen LogP contribution in [0.2, 0.25) is 0 Å². The molecule has 0 saturated heterocycles. The zero-order valence-corrected chi connectivity index (χ0v) is 23.2. The number of aromatic nitrogens is 3. The van der Waals surface area contributed by atoms with E-state index in [9.17, 15) is 4.79 Å². The number of thioether (sulfide) groups is 1. The number of benzene rings is 2. The smallest absolute Gasteiger partial charge is 0.308 e. The molecule has 0 atom stereocenters. The SMILES string of the molecule is C=C(COc1cc(OC)cc2oc(-c3cn4nc(OC)sc4n3)cc12)N=C(SC)c1cccc(OC(C)=O)c1. The van der Waals surface area contributed by atoms with Gasteiger partial charge in [-0.25, -0.2) is 14.5 Å². The van der Waals surface area contributed by atoms with Gasteiger partial charge in [-0.2, -0.15) is 0 Å². The number of aliphatic imine (C=N–C) groups is 1. The molecule has 2 aromatic carbocycles. The Morgan fingerprint density at radius 1 is 1.18 bits per heavy atom. The van der Waals surface area contributed by atoms with Crippen LogP contribution in [-0.2, 0) is 4.79 Å². The maximum Gasteiger partial charge on any atom is 0.308 e. The van der Waals surface area contributed by atoms with Crippen LogP contribution >= 0.6 is 23.1 Å². The summed E-state index contributed by atoms with van der Waals surface area (Å²) >= 11 is 2.79. The minimum absolute atomic E-state index is 0.125. The van der Waals surface area contributed by atoms with Crippen molar-refractivity contribution in [3.05, 3.63) is 66.5 Å². The molecule has 0 aliphatic heterocycles. The number of ether oxygens (including phenoxy) is 4. The first-order chi connectivity index (χ1) is 18.9. The van der Waals surface area contributed by atoms with Gasteiger partial charge < -0.3 is 23.4 Å². The van der Waals surface area contributed by atoms with E-state index < -0.39 is 0 Å². The number of esters is 1. The third-order valence-electron chi connectivity index (χ3n) is 5.45. The summed E-state index contributed by atoms with van der Waals surface area (Å²) in [7, 11) is 3.15. The molecule has 3 aromatic heterocycles. The lowest BCUT2D eigenvalue weighted by Crippen LogP contribution is -2.04. The first-order valence-electron chi connectivity index (χ1n) is 11.6. The second kappa shape index (κ2) is 11.2. The maximum atomic E-state index is 11.3. The molecule has 5 rings (SSSR count). The summed E-state index contributed by atoms with van der Waals surface area (Å²) in [5.41, 5.74) is 2.53. The summed E-state index contributed by atoms with van der Waals surface area (Å²) in [6.07, 6.45) is 3.69. The molecule has 5 aromatic rings. The van der Waals surface area contributed by atoms with Gasteiger partial charge in [-0.3, -0.25) is 4.79 Å². The lowest BCUT2D eigenvalue weighted by molar-refractivity contribution is -0.131. The third-order valence-corrected chi connectivity index (χ3v) is 7.05. The quantitative estimate of drug-likeness (QED) is 0.0942. The molecule has 0 unspecified atom stereocenters. The second-order valence-electron chi connectivity index (χ2n) is 8.17. The monoisotopic (exact) mass is 564 g/mol. The Labute approximate surface area is 231 Å². The van der Waals surface area contributed by atoms with Crippen molar-refractivity contribution < 1.29 is 28.2 Å². The van der Waals surface area contributed by atoms with Crippen LogP contribution in [0.15, 0.2) is 70.3 Å². The highest BCUT2D eigenvalue weighted by Crippen LogP contribution is 2.37. The van der Waals surface area contributed by atoms with Crippen LogP contribution in [0.4, 0.5) is 0 Å². The molecule has 10 nitrogen and oxygen atoms in total. The van der Waals surface area contributed by atoms with Crippen LogP contribution in [0.3, 0.4) is 0 Å². The topological polar surface area (TPSA) is 110 Å². The number of rotatable bonds is 9. The molecule has 3 heterocycles. The summed E-state index contributed by atoms with van der Waals surface area (Å²) in [6.45, 7) is 5.55. The van der Waals surface area contributed by atoms with Gasteiger partial charge in [-0.05, 0) is 35.8 Å². The predicted octanol–water partition coefficient (Wildman–Crippen LogP) is 5.85. The van der Waals surface area contributed by atoms with Crippen molar-refractivity contribution in [1.29, 1.82) is 0 Å². The van der Waals surface area contributed by atoms with Gasteiger partial charge in [0.2, 0.25) is 4.96 Å². The first-order valence-corrected chi connectivity index (χ1v) is 13.6. The van der Waals surface area contributed by atoms with Crippen LogP contribution in [0.1, 0.15) is 12.5 Å². The van der Waals surface area contributed by atoms with E-state index in [1.807, 2.05) is 18.4 Å². The molecule has 0 amide bonds. The van der Waals surface area contributed by atoms with Gasteiger partial charge in [-0.1, -0.05) is 18.7 Å². The summed E-state index contributed by atoms with van der Waals surface area (Å²) in [4.78, 5) is 21.2. The molecule has 0 bridgehead atoms. The van der Waals surface area contributed by atoms with Gasteiger partial charge >= 0.3 is 5.97 Å². The molecule has 200 valence electrons. The van der Waals surface area contributed by atoms with E-state index >= 15 is 0 Å². The lowest BCUT2D eigenvalue weighted by Gasteiger charge is -2.10. The van der Waals surface area contributed by atoms with E-state index in [1.165, 1.54) is 30.0 Å².